The number of rotatable bonds is 2. The Hall–Kier alpha value is -2.01. The van der Waals surface area contributed by atoms with Crippen LogP contribution in [0.15, 0.2) is 34.9 Å². The van der Waals surface area contributed by atoms with Crippen LogP contribution in [0.4, 0.5) is 4.79 Å². The smallest absolute Gasteiger partial charge is 0.419 e. The maximum Gasteiger partial charge on any atom is 0.419 e. The van der Waals surface area contributed by atoms with Crippen LogP contribution in [0.3, 0.4) is 0 Å². The first kappa shape index (κ1) is 17.8. The van der Waals surface area contributed by atoms with Gasteiger partial charge in [0, 0.05) is 21.8 Å². The molecule has 0 amide bonds. The monoisotopic (exact) mass is 357 g/mol. The van der Waals surface area contributed by atoms with Crippen molar-refractivity contribution in [3.05, 3.63) is 35.4 Å². The highest BCUT2D eigenvalue weighted by Crippen LogP contribution is 2.44. The molecule has 25 heavy (non-hydrogen) atoms. The van der Waals surface area contributed by atoms with Gasteiger partial charge in [-0.05, 0) is 38.8 Å². The lowest BCUT2D eigenvalue weighted by atomic mass is 10.00. The normalized spacial score (nSPS) is 17.4. The summed E-state index contributed by atoms with van der Waals surface area (Å²) in [4.78, 5) is 24.4. The molecule has 0 fully saturated rings. The molecule has 4 nitrogen and oxygen atoms in total. The summed E-state index contributed by atoms with van der Waals surface area (Å²) in [6.45, 7) is 9.74. The first-order valence-electron chi connectivity index (χ1n) is 8.43. The van der Waals surface area contributed by atoms with E-state index in [9.17, 15) is 9.59 Å². The number of fused-ring (bicyclic) bond motifs is 3. The summed E-state index contributed by atoms with van der Waals surface area (Å²) in [5, 5.41) is 1.83. The van der Waals surface area contributed by atoms with E-state index in [1.165, 1.54) is 0 Å². The number of ether oxygens (including phenoxy) is 1. The summed E-state index contributed by atoms with van der Waals surface area (Å²) in [6, 6.07) is 7.74. The topological polar surface area (TPSA) is 48.3 Å². The minimum atomic E-state index is -0.573. The zero-order valence-electron chi connectivity index (χ0n) is 15.2. The van der Waals surface area contributed by atoms with E-state index < -0.39 is 5.60 Å². The van der Waals surface area contributed by atoms with E-state index in [1.807, 2.05) is 51.1 Å². The maximum absolute atomic E-state index is 12.9. The molecule has 1 aliphatic heterocycles. The number of hydrogen-bond donors (Lipinski definition) is 0. The molecule has 3 rings (SSSR count). The molecule has 0 radical (unpaired) electrons. The molecule has 1 aromatic carbocycles. The molecule has 1 aromatic heterocycles. The standard InChI is InChI=1S/C20H23NO3S/c1-12(2)17-13(11-22)10-15-14-8-6-7-9-16(14)21(18(15)25-17)19(23)24-20(3,4)5/h6-12,17H,1-5H3/t17-/m1/s1. The summed E-state index contributed by atoms with van der Waals surface area (Å²) in [6.07, 6.45) is 2.47. The van der Waals surface area contributed by atoms with Crippen LogP contribution < -0.4 is 0 Å². The molecule has 0 saturated carbocycles. The van der Waals surface area contributed by atoms with Crippen molar-refractivity contribution in [2.75, 3.05) is 0 Å². The molecule has 0 spiro atoms. The van der Waals surface area contributed by atoms with Crippen LogP contribution in [-0.2, 0) is 9.53 Å². The van der Waals surface area contributed by atoms with E-state index in [1.54, 1.807) is 16.3 Å². The minimum Gasteiger partial charge on any atom is -0.443 e. The molecule has 2 heterocycles. The third-order valence-electron chi connectivity index (χ3n) is 4.06. The molecule has 0 aliphatic carbocycles. The van der Waals surface area contributed by atoms with Crippen LogP contribution in [-0.4, -0.2) is 27.8 Å². The molecular weight excluding hydrogens is 334 g/mol. The molecule has 1 aliphatic rings. The predicted molar refractivity (Wildman–Crippen MR) is 102 cm³/mol. The fourth-order valence-corrected chi connectivity index (χ4v) is 4.39. The lowest BCUT2D eigenvalue weighted by Crippen LogP contribution is -2.28. The number of nitrogens with zero attached hydrogens (tertiary/aromatic N) is 1. The zero-order valence-corrected chi connectivity index (χ0v) is 16.0. The van der Waals surface area contributed by atoms with E-state index in [-0.39, 0.29) is 17.3 Å². The number of para-hydroxylation sites is 1. The number of aromatic nitrogens is 1. The summed E-state index contributed by atoms with van der Waals surface area (Å²) in [5.74, 6) is 0.277. The molecule has 2 aromatic rings. The van der Waals surface area contributed by atoms with Crippen LogP contribution in [0, 0.1) is 5.92 Å². The minimum absolute atomic E-state index is 0.0236. The van der Waals surface area contributed by atoms with Crippen molar-refractivity contribution in [3.63, 3.8) is 0 Å². The van der Waals surface area contributed by atoms with Crippen molar-refractivity contribution in [3.8, 4) is 0 Å². The average molecular weight is 357 g/mol. The molecule has 132 valence electrons. The SMILES string of the molecule is CC(C)[C@H]1Sc2c(c3ccccc3n2C(=O)OC(C)(C)C)C=C1C=O. The molecule has 5 heteroatoms. The van der Waals surface area contributed by atoms with Crippen LogP contribution >= 0.6 is 11.8 Å². The summed E-state index contributed by atoms with van der Waals surface area (Å²) in [5.41, 5.74) is 1.92. The molecule has 0 N–H and O–H groups in total. The van der Waals surface area contributed by atoms with Crippen LogP contribution in [0.2, 0.25) is 0 Å². The fraction of sp³-hybridized carbons (Fsp3) is 0.400. The van der Waals surface area contributed by atoms with E-state index in [0.717, 1.165) is 33.4 Å². The van der Waals surface area contributed by atoms with Crippen molar-refractivity contribution in [1.29, 1.82) is 0 Å². The van der Waals surface area contributed by atoms with Crippen molar-refractivity contribution < 1.29 is 14.3 Å². The first-order chi connectivity index (χ1) is 11.7. The van der Waals surface area contributed by atoms with E-state index in [0.29, 0.717) is 0 Å². The summed E-state index contributed by atoms with van der Waals surface area (Å²) in [7, 11) is 0. The lowest BCUT2D eigenvalue weighted by molar-refractivity contribution is -0.105. The second-order valence-corrected chi connectivity index (χ2v) is 8.73. The maximum atomic E-state index is 12.9. The fourth-order valence-electron chi connectivity index (χ4n) is 3.05. The number of carbonyl (C=O) groups excluding carboxylic acids is 2. The van der Waals surface area contributed by atoms with Gasteiger partial charge in [0.25, 0.3) is 0 Å². The molecular formula is C20H23NO3S. The van der Waals surface area contributed by atoms with E-state index in [2.05, 4.69) is 13.8 Å². The van der Waals surface area contributed by atoms with Crippen molar-refractivity contribution in [2.45, 2.75) is 50.5 Å². The largest absolute Gasteiger partial charge is 0.443 e. The highest BCUT2D eigenvalue weighted by Gasteiger charge is 2.32. The number of benzene rings is 1. The van der Waals surface area contributed by atoms with Gasteiger partial charge in [0.1, 0.15) is 11.9 Å². The molecule has 1 atom stereocenters. The van der Waals surface area contributed by atoms with Gasteiger partial charge < -0.3 is 4.74 Å². The first-order valence-corrected chi connectivity index (χ1v) is 9.31. The third kappa shape index (κ3) is 3.25. The van der Waals surface area contributed by atoms with Crippen LogP contribution in [0.25, 0.3) is 17.0 Å². The Labute approximate surface area is 152 Å². The number of thioether (sulfide) groups is 1. The van der Waals surface area contributed by atoms with Gasteiger partial charge >= 0.3 is 6.09 Å². The van der Waals surface area contributed by atoms with Crippen molar-refractivity contribution in [2.24, 2.45) is 5.92 Å². The van der Waals surface area contributed by atoms with Crippen LogP contribution in [0.5, 0.6) is 0 Å². The van der Waals surface area contributed by atoms with Crippen LogP contribution in [0.1, 0.15) is 40.2 Å². The second-order valence-electron chi connectivity index (χ2n) is 7.60. The van der Waals surface area contributed by atoms with E-state index in [4.69, 9.17) is 4.74 Å². The average Bonchev–Trinajstić information content (AvgIpc) is 2.85. The Morgan fingerprint density at radius 3 is 2.56 bits per heavy atom. The summed E-state index contributed by atoms with van der Waals surface area (Å²) >= 11 is 1.57. The van der Waals surface area contributed by atoms with Gasteiger partial charge in [0.15, 0.2) is 0 Å². The Bertz CT molecular complexity index is 871. The van der Waals surface area contributed by atoms with E-state index >= 15 is 0 Å². The number of hydrogen-bond acceptors (Lipinski definition) is 4. The van der Waals surface area contributed by atoms with Gasteiger partial charge in [0.2, 0.25) is 0 Å². The van der Waals surface area contributed by atoms with Crippen molar-refractivity contribution >= 4 is 41.1 Å². The summed E-state index contributed by atoms with van der Waals surface area (Å²) < 4.78 is 7.27. The van der Waals surface area contributed by atoms with Gasteiger partial charge in [-0.25, -0.2) is 9.36 Å². The zero-order chi connectivity index (χ0) is 18.4. The van der Waals surface area contributed by atoms with Gasteiger partial charge in [-0.2, -0.15) is 0 Å². The van der Waals surface area contributed by atoms with Gasteiger partial charge in [-0.1, -0.05) is 43.8 Å². The highest BCUT2D eigenvalue weighted by molar-refractivity contribution is 8.00. The Kier molecular flexibility index (Phi) is 4.54. The molecule has 0 unspecified atom stereocenters. The third-order valence-corrected chi connectivity index (χ3v) is 5.76. The Morgan fingerprint density at radius 1 is 1.28 bits per heavy atom. The molecule has 0 bridgehead atoms. The number of carbonyl (C=O) groups is 2. The highest BCUT2D eigenvalue weighted by atomic mass is 32.2. The second kappa shape index (κ2) is 6.37. The van der Waals surface area contributed by atoms with Gasteiger partial charge in [-0.15, -0.1) is 0 Å². The quantitative estimate of drug-likeness (QED) is 0.699. The molecule has 0 saturated heterocycles. The van der Waals surface area contributed by atoms with Gasteiger partial charge in [-0.3, -0.25) is 4.79 Å². The van der Waals surface area contributed by atoms with Gasteiger partial charge in [0.05, 0.1) is 10.5 Å². The Balaban J connectivity index is 2.23. The predicted octanol–water partition coefficient (Wildman–Crippen LogP) is 5.14. The lowest BCUT2D eigenvalue weighted by Gasteiger charge is -2.26. The number of aldehydes is 1. The van der Waals surface area contributed by atoms with Crippen molar-refractivity contribution in [1.82, 2.24) is 4.57 Å². The Morgan fingerprint density at radius 2 is 1.96 bits per heavy atom.